The molecule has 0 aliphatic heterocycles. The molecule has 4 atom stereocenters. The second-order valence-corrected chi connectivity index (χ2v) is 9.57. The summed E-state index contributed by atoms with van der Waals surface area (Å²) in [6.45, 7) is 0.576. The molecule has 23 heavy (non-hydrogen) atoms. The maximum atomic E-state index is 15.0. The number of carbonyl (C=O) groups is 1. The van der Waals surface area contributed by atoms with E-state index in [1.54, 1.807) is 12.1 Å². The molecule has 1 aromatic carbocycles. The molecular weight excluding hydrogens is 428 g/mol. The van der Waals surface area contributed by atoms with Crippen LogP contribution in [0.15, 0.2) is 18.2 Å². The molecule has 1 N–H and O–H groups in total. The molecule has 1 aromatic rings. The molecule has 124 valence electrons. The van der Waals surface area contributed by atoms with Crippen LogP contribution in [-0.2, 0) is 0 Å². The Morgan fingerprint density at radius 2 is 2.00 bits per heavy atom. The van der Waals surface area contributed by atoms with E-state index >= 15 is 0 Å². The minimum atomic E-state index is -0.978. The van der Waals surface area contributed by atoms with Gasteiger partial charge in [0.15, 0.2) is 0 Å². The lowest BCUT2D eigenvalue weighted by Gasteiger charge is -2.59. The van der Waals surface area contributed by atoms with Gasteiger partial charge in [-0.25, -0.2) is 4.39 Å². The van der Waals surface area contributed by atoms with Crippen LogP contribution in [0.5, 0.6) is 0 Å². The number of benzene rings is 1. The standard InChI is InChI=1S/C18H20ClFINO/c19-15-2-1-13(21)4-14(15)16(23)22-10-17-5-11-3-12(6-17)8-18(20,7-11)9-17/h1-2,4,11-12H,3,5-10H2,(H,22,23)/t11-,12+,17?,18?. The van der Waals surface area contributed by atoms with Gasteiger partial charge in [-0.2, -0.15) is 0 Å². The van der Waals surface area contributed by atoms with Gasteiger partial charge in [0.25, 0.3) is 5.91 Å². The van der Waals surface area contributed by atoms with Crippen LogP contribution in [-0.4, -0.2) is 18.1 Å². The lowest BCUT2D eigenvalue weighted by Crippen LogP contribution is -2.57. The summed E-state index contributed by atoms with van der Waals surface area (Å²) in [7, 11) is 0. The van der Waals surface area contributed by atoms with Crippen molar-refractivity contribution < 1.29 is 9.18 Å². The number of rotatable bonds is 3. The van der Waals surface area contributed by atoms with E-state index in [0.29, 0.717) is 35.4 Å². The third-order valence-electron chi connectivity index (χ3n) is 5.91. The van der Waals surface area contributed by atoms with Crippen molar-refractivity contribution in [2.75, 3.05) is 6.54 Å². The molecule has 0 radical (unpaired) electrons. The summed E-state index contributed by atoms with van der Waals surface area (Å²) in [6.07, 6.45) is 5.41. The molecule has 1 amide bonds. The van der Waals surface area contributed by atoms with E-state index in [2.05, 4.69) is 27.9 Å². The summed E-state index contributed by atoms with van der Waals surface area (Å²) in [5.74, 6) is 0.885. The number of hydrogen-bond acceptors (Lipinski definition) is 1. The summed E-state index contributed by atoms with van der Waals surface area (Å²) in [5.41, 5.74) is -0.504. The van der Waals surface area contributed by atoms with Crippen molar-refractivity contribution >= 4 is 40.1 Å². The molecule has 4 bridgehead atoms. The Morgan fingerprint density at radius 1 is 1.30 bits per heavy atom. The average Bonchev–Trinajstić information content (AvgIpc) is 2.45. The maximum absolute atomic E-state index is 15.0. The van der Waals surface area contributed by atoms with Crippen LogP contribution in [0.25, 0.3) is 0 Å². The van der Waals surface area contributed by atoms with Gasteiger partial charge in [-0.15, -0.1) is 0 Å². The van der Waals surface area contributed by atoms with E-state index in [1.165, 1.54) is 6.42 Å². The van der Waals surface area contributed by atoms with E-state index in [0.717, 1.165) is 29.3 Å². The van der Waals surface area contributed by atoms with Gasteiger partial charge in [-0.05, 0) is 96.6 Å². The van der Waals surface area contributed by atoms with Gasteiger partial charge in [0.2, 0.25) is 0 Å². The predicted molar refractivity (Wildman–Crippen MR) is 97.5 cm³/mol. The fraction of sp³-hybridized carbons (Fsp3) is 0.611. The van der Waals surface area contributed by atoms with Crippen LogP contribution in [0.2, 0.25) is 5.02 Å². The van der Waals surface area contributed by atoms with E-state index in [1.807, 2.05) is 6.07 Å². The van der Waals surface area contributed by atoms with Gasteiger partial charge in [0.05, 0.1) is 10.6 Å². The zero-order valence-corrected chi connectivity index (χ0v) is 15.8. The highest BCUT2D eigenvalue weighted by atomic mass is 127. The van der Waals surface area contributed by atoms with E-state index < -0.39 is 5.67 Å². The molecule has 4 aliphatic carbocycles. The molecule has 0 saturated heterocycles. The van der Waals surface area contributed by atoms with Gasteiger partial charge in [-0.3, -0.25) is 4.79 Å². The Bertz CT molecular complexity index is 650. The molecular formula is C18H20ClFINO. The lowest BCUT2D eigenvalue weighted by molar-refractivity contribution is -0.121. The molecule has 5 rings (SSSR count). The van der Waals surface area contributed by atoms with E-state index in [9.17, 15) is 9.18 Å². The Labute approximate surface area is 154 Å². The average molecular weight is 448 g/mol. The summed E-state index contributed by atoms with van der Waals surface area (Å²) in [5, 5.41) is 3.52. The second kappa shape index (κ2) is 5.58. The van der Waals surface area contributed by atoms with Crippen LogP contribution < -0.4 is 5.32 Å². The monoisotopic (exact) mass is 447 g/mol. The van der Waals surface area contributed by atoms with Crippen molar-refractivity contribution in [1.82, 2.24) is 5.32 Å². The number of carbonyl (C=O) groups excluding carboxylic acids is 1. The Morgan fingerprint density at radius 3 is 2.65 bits per heavy atom. The Kier molecular flexibility index (Phi) is 3.91. The number of hydrogen-bond donors (Lipinski definition) is 1. The highest BCUT2D eigenvalue weighted by Gasteiger charge is 2.58. The first-order valence-electron chi connectivity index (χ1n) is 8.29. The molecule has 0 heterocycles. The van der Waals surface area contributed by atoms with Gasteiger partial charge in [-0.1, -0.05) is 11.6 Å². The third kappa shape index (κ3) is 3.01. The number of amides is 1. The second-order valence-electron chi connectivity index (χ2n) is 7.92. The molecule has 5 heteroatoms. The zero-order valence-electron chi connectivity index (χ0n) is 12.9. The van der Waals surface area contributed by atoms with Crippen LogP contribution in [0.1, 0.15) is 48.9 Å². The van der Waals surface area contributed by atoms with Gasteiger partial charge < -0.3 is 5.32 Å². The number of alkyl halides is 1. The zero-order chi connectivity index (χ0) is 16.2. The molecule has 2 nitrogen and oxygen atoms in total. The third-order valence-corrected chi connectivity index (χ3v) is 6.91. The van der Waals surface area contributed by atoms with Crippen molar-refractivity contribution in [1.29, 1.82) is 0 Å². The van der Waals surface area contributed by atoms with E-state index in [4.69, 9.17) is 11.6 Å². The smallest absolute Gasteiger partial charge is 0.252 e. The molecule has 2 unspecified atom stereocenters. The topological polar surface area (TPSA) is 29.1 Å². The predicted octanol–water partition coefficient (Wildman–Crippen LogP) is 4.98. The molecule has 4 saturated carbocycles. The van der Waals surface area contributed by atoms with Gasteiger partial charge in [0, 0.05) is 10.1 Å². The minimum Gasteiger partial charge on any atom is -0.351 e. The summed E-state index contributed by atoms with van der Waals surface area (Å²) in [4.78, 5) is 12.5. The van der Waals surface area contributed by atoms with Crippen LogP contribution in [0.3, 0.4) is 0 Å². The normalized spacial score (nSPS) is 37.9. The highest BCUT2D eigenvalue weighted by molar-refractivity contribution is 14.1. The van der Waals surface area contributed by atoms with E-state index in [-0.39, 0.29) is 11.3 Å². The first-order valence-corrected chi connectivity index (χ1v) is 9.74. The molecule has 4 fully saturated rings. The molecule has 4 aliphatic rings. The Balaban J connectivity index is 1.49. The number of nitrogens with one attached hydrogen (secondary N) is 1. The number of halogens is 3. The van der Waals surface area contributed by atoms with Crippen molar-refractivity contribution in [2.45, 2.75) is 44.2 Å². The first kappa shape index (κ1) is 16.1. The van der Waals surface area contributed by atoms with Crippen LogP contribution in [0.4, 0.5) is 4.39 Å². The maximum Gasteiger partial charge on any atom is 0.252 e. The van der Waals surface area contributed by atoms with Crippen LogP contribution in [0, 0.1) is 20.8 Å². The first-order chi connectivity index (χ1) is 10.9. The largest absolute Gasteiger partial charge is 0.351 e. The SMILES string of the molecule is O=C(NCC12C[C@@H]3C[C@@H](CC(F)(C3)C1)C2)c1cc(I)ccc1Cl. The lowest BCUT2D eigenvalue weighted by atomic mass is 9.48. The molecule has 0 aromatic heterocycles. The fourth-order valence-corrected chi connectivity index (χ4v) is 6.27. The highest BCUT2D eigenvalue weighted by Crippen LogP contribution is 2.62. The molecule has 0 spiro atoms. The van der Waals surface area contributed by atoms with Gasteiger partial charge >= 0.3 is 0 Å². The fourth-order valence-electron chi connectivity index (χ4n) is 5.58. The van der Waals surface area contributed by atoms with Crippen molar-refractivity contribution in [3.05, 3.63) is 32.4 Å². The van der Waals surface area contributed by atoms with Crippen LogP contribution >= 0.6 is 34.2 Å². The summed E-state index contributed by atoms with van der Waals surface area (Å²) < 4.78 is 15.9. The van der Waals surface area contributed by atoms with Gasteiger partial charge in [0.1, 0.15) is 5.67 Å². The minimum absolute atomic E-state index is 0.0388. The summed E-state index contributed by atoms with van der Waals surface area (Å²) >= 11 is 8.31. The quantitative estimate of drug-likeness (QED) is 0.650. The van der Waals surface area contributed by atoms with Crippen molar-refractivity contribution in [2.24, 2.45) is 17.3 Å². The summed E-state index contributed by atoms with van der Waals surface area (Å²) in [6, 6.07) is 5.43. The Hall–Kier alpha value is -0.360. The van der Waals surface area contributed by atoms with Crippen molar-refractivity contribution in [3.63, 3.8) is 0 Å². The van der Waals surface area contributed by atoms with Crippen molar-refractivity contribution in [3.8, 4) is 0 Å².